The molecule has 1 aromatic carbocycles. The van der Waals surface area contributed by atoms with E-state index in [0.29, 0.717) is 6.54 Å². The number of amides is 1. The summed E-state index contributed by atoms with van der Waals surface area (Å²) in [5, 5.41) is 3.06. The predicted octanol–water partition coefficient (Wildman–Crippen LogP) is 2.25. The summed E-state index contributed by atoms with van der Waals surface area (Å²) in [6, 6.07) is 7.73. The van der Waals surface area contributed by atoms with Crippen LogP contribution in [0.15, 0.2) is 24.3 Å². The number of ether oxygens (including phenoxy) is 1. The third kappa shape index (κ3) is 3.96. The third-order valence-electron chi connectivity index (χ3n) is 3.39. The lowest BCUT2D eigenvalue weighted by molar-refractivity contribution is -0.125. The monoisotopic (exact) mass is 264 g/mol. The van der Waals surface area contributed by atoms with Crippen LogP contribution in [0.4, 0.5) is 0 Å². The minimum absolute atomic E-state index is 0.0164. The lowest BCUT2D eigenvalue weighted by Gasteiger charge is -2.22. The van der Waals surface area contributed by atoms with Gasteiger partial charge in [0.2, 0.25) is 5.91 Å². The lowest BCUT2D eigenvalue weighted by atomic mass is 10.0. The molecule has 0 aliphatic carbocycles. The number of nitrogens with one attached hydrogen (secondary N) is 1. The zero-order valence-electron chi connectivity index (χ0n) is 12.0. The Balaban J connectivity index is 2.86. The third-order valence-corrected chi connectivity index (χ3v) is 3.39. The van der Waals surface area contributed by atoms with E-state index >= 15 is 0 Å². The number of carbonyl (C=O) groups excluding carboxylic acids is 1. The largest absolute Gasteiger partial charge is 0.496 e. The Morgan fingerprint density at radius 3 is 2.53 bits per heavy atom. The molecule has 0 bridgehead atoms. The number of rotatable bonds is 7. The second-order valence-electron chi connectivity index (χ2n) is 4.55. The summed E-state index contributed by atoms with van der Waals surface area (Å²) in [4.78, 5) is 12.1. The molecule has 2 atom stereocenters. The molecular formula is C15H24N2O2. The molecule has 1 amide bonds. The molecule has 0 aromatic heterocycles. The van der Waals surface area contributed by atoms with Crippen molar-refractivity contribution in [3.8, 4) is 5.75 Å². The molecule has 2 unspecified atom stereocenters. The smallest absolute Gasteiger partial charge is 0.224 e. The summed E-state index contributed by atoms with van der Waals surface area (Å²) >= 11 is 0. The molecule has 0 saturated heterocycles. The summed E-state index contributed by atoms with van der Waals surface area (Å²) in [5.41, 5.74) is 6.62. The van der Waals surface area contributed by atoms with Gasteiger partial charge >= 0.3 is 0 Å². The normalized spacial score (nSPS) is 13.7. The fourth-order valence-corrected chi connectivity index (χ4v) is 2.10. The molecule has 4 heteroatoms. The highest BCUT2D eigenvalue weighted by molar-refractivity contribution is 5.79. The molecule has 0 spiro atoms. The average Bonchev–Trinajstić information content (AvgIpc) is 2.46. The van der Waals surface area contributed by atoms with Crippen LogP contribution in [-0.4, -0.2) is 19.6 Å². The highest BCUT2D eigenvalue weighted by Crippen LogP contribution is 2.27. The maximum Gasteiger partial charge on any atom is 0.224 e. The number of benzene rings is 1. The van der Waals surface area contributed by atoms with E-state index in [9.17, 15) is 4.79 Å². The van der Waals surface area contributed by atoms with Crippen LogP contribution in [0.2, 0.25) is 0 Å². The van der Waals surface area contributed by atoms with E-state index in [4.69, 9.17) is 10.5 Å². The predicted molar refractivity (Wildman–Crippen MR) is 77.0 cm³/mol. The first-order valence-electron chi connectivity index (χ1n) is 6.81. The number of methoxy groups -OCH3 is 1. The van der Waals surface area contributed by atoms with Crippen molar-refractivity contribution in [2.24, 2.45) is 11.7 Å². The van der Waals surface area contributed by atoms with Crippen molar-refractivity contribution in [2.45, 2.75) is 32.7 Å². The van der Waals surface area contributed by atoms with Crippen LogP contribution < -0.4 is 15.8 Å². The van der Waals surface area contributed by atoms with E-state index in [-0.39, 0.29) is 17.9 Å². The van der Waals surface area contributed by atoms with Crippen LogP contribution in [0.25, 0.3) is 0 Å². The van der Waals surface area contributed by atoms with Gasteiger partial charge in [-0.1, -0.05) is 32.0 Å². The van der Waals surface area contributed by atoms with Gasteiger partial charge in [0.25, 0.3) is 0 Å². The van der Waals surface area contributed by atoms with Gasteiger partial charge in [-0.05, 0) is 18.9 Å². The standard InChI is InChI=1S/C15H24N2O2/c1-4-11(10-16)15(18)17-13(5-2)12-8-6-7-9-14(12)19-3/h6-9,11,13H,4-5,10,16H2,1-3H3,(H,17,18). The molecule has 0 saturated carbocycles. The molecule has 0 aliphatic heterocycles. The van der Waals surface area contributed by atoms with Crippen LogP contribution in [0.5, 0.6) is 5.75 Å². The maximum atomic E-state index is 12.1. The van der Waals surface area contributed by atoms with Gasteiger partial charge in [0.15, 0.2) is 0 Å². The van der Waals surface area contributed by atoms with Gasteiger partial charge in [-0.25, -0.2) is 0 Å². The number of para-hydroxylation sites is 1. The number of hydrogen-bond donors (Lipinski definition) is 2. The van der Waals surface area contributed by atoms with Gasteiger partial charge in [-0.2, -0.15) is 0 Å². The van der Waals surface area contributed by atoms with Gasteiger partial charge in [-0.3, -0.25) is 4.79 Å². The summed E-state index contributed by atoms with van der Waals surface area (Å²) in [6.07, 6.45) is 1.57. The SMILES string of the molecule is CCC(CN)C(=O)NC(CC)c1ccccc1OC. The van der Waals surface area contributed by atoms with Crippen LogP contribution in [0, 0.1) is 5.92 Å². The number of hydrogen-bond acceptors (Lipinski definition) is 3. The van der Waals surface area contributed by atoms with Crippen molar-refractivity contribution < 1.29 is 9.53 Å². The molecule has 0 aliphatic rings. The Morgan fingerprint density at radius 1 is 1.32 bits per heavy atom. The van der Waals surface area contributed by atoms with Crippen molar-refractivity contribution in [3.63, 3.8) is 0 Å². The van der Waals surface area contributed by atoms with Crippen molar-refractivity contribution in [3.05, 3.63) is 29.8 Å². The van der Waals surface area contributed by atoms with Crippen molar-refractivity contribution in [1.29, 1.82) is 0 Å². The van der Waals surface area contributed by atoms with E-state index in [0.717, 1.165) is 24.2 Å². The molecule has 0 radical (unpaired) electrons. The molecule has 3 N–H and O–H groups in total. The van der Waals surface area contributed by atoms with Gasteiger partial charge in [0, 0.05) is 18.0 Å². The maximum absolute atomic E-state index is 12.1. The van der Waals surface area contributed by atoms with E-state index in [2.05, 4.69) is 5.32 Å². The molecular weight excluding hydrogens is 240 g/mol. The molecule has 19 heavy (non-hydrogen) atoms. The summed E-state index contributed by atoms with van der Waals surface area (Å²) < 4.78 is 5.35. The zero-order chi connectivity index (χ0) is 14.3. The highest BCUT2D eigenvalue weighted by Gasteiger charge is 2.20. The summed E-state index contributed by atoms with van der Waals surface area (Å²) in [6.45, 7) is 4.40. The Kier molecular flexibility index (Phi) is 6.36. The first-order chi connectivity index (χ1) is 9.17. The molecule has 4 nitrogen and oxygen atoms in total. The first kappa shape index (κ1) is 15.5. The quantitative estimate of drug-likeness (QED) is 0.794. The number of carbonyl (C=O) groups is 1. The zero-order valence-corrected chi connectivity index (χ0v) is 12.0. The van der Waals surface area contributed by atoms with Gasteiger partial charge in [0.1, 0.15) is 5.75 Å². The topological polar surface area (TPSA) is 64.4 Å². The lowest BCUT2D eigenvalue weighted by Crippen LogP contribution is -2.37. The van der Waals surface area contributed by atoms with Gasteiger partial charge in [-0.15, -0.1) is 0 Å². The van der Waals surface area contributed by atoms with Gasteiger partial charge in [0.05, 0.1) is 13.2 Å². The summed E-state index contributed by atoms with van der Waals surface area (Å²) in [5.74, 6) is 0.696. The molecule has 106 valence electrons. The fourth-order valence-electron chi connectivity index (χ4n) is 2.10. The van der Waals surface area contributed by atoms with E-state index in [1.165, 1.54) is 0 Å². The second-order valence-corrected chi connectivity index (χ2v) is 4.55. The van der Waals surface area contributed by atoms with E-state index in [1.807, 2.05) is 38.1 Å². The summed E-state index contributed by atoms with van der Waals surface area (Å²) in [7, 11) is 1.64. The fraction of sp³-hybridized carbons (Fsp3) is 0.533. The Morgan fingerprint density at radius 2 is 2.00 bits per heavy atom. The van der Waals surface area contributed by atoms with Crippen molar-refractivity contribution in [2.75, 3.05) is 13.7 Å². The highest BCUT2D eigenvalue weighted by atomic mass is 16.5. The Bertz CT molecular complexity index is 403. The van der Waals surface area contributed by atoms with Crippen molar-refractivity contribution in [1.82, 2.24) is 5.32 Å². The molecule has 0 fully saturated rings. The molecule has 1 aromatic rings. The molecule has 1 rings (SSSR count). The van der Waals surface area contributed by atoms with Crippen LogP contribution in [0.3, 0.4) is 0 Å². The van der Waals surface area contributed by atoms with Gasteiger partial charge < -0.3 is 15.8 Å². The van der Waals surface area contributed by atoms with E-state index < -0.39 is 0 Å². The minimum Gasteiger partial charge on any atom is -0.496 e. The second kappa shape index (κ2) is 7.79. The minimum atomic E-state index is -0.122. The van der Waals surface area contributed by atoms with Crippen LogP contribution >= 0.6 is 0 Å². The van der Waals surface area contributed by atoms with E-state index in [1.54, 1.807) is 7.11 Å². The Labute approximate surface area is 115 Å². The molecule has 0 heterocycles. The average molecular weight is 264 g/mol. The van der Waals surface area contributed by atoms with Crippen molar-refractivity contribution >= 4 is 5.91 Å². The Hall–Kier alpha value is -1.55. The van der Waals surface area contributed by atoms with Crippen LogP contribution in [-0.2, 0) is 4.79 Å². The number of nitrogens with two attached hydrogens (primary N) is 1. The first-order valence-corrected chi connectivity index (χ1v) is 6.81. The van der Waals surface area contributed by atoms with Crippen LogP contribution in [0.1, 0.15) is 38.3 Å².